The van der Waals surface area contributed by atoms with Crippen LogP contribution in [0.3, 0.4) is 0 Å². The van der Waals surface area contributed by atoms with Gasteiger partial charge in [0.2, 0.25) is 0 Å². The summed E-state index contributed by atoms with van der Waals surface area (Å²) < 4.78 is 29.7. The molecule has 0 N–H and O–H groups in total. The Morgan fingerprint density at radius 2 is 1.55 bits per heavy atom. The summed E-state index contributed by atoms with van der Waals surface area (Å²) in [7, 11) is 0.596. The van der Waals surface area contributed by atoms with Gasteiger partial charge in [-0.1, -0.05) is 25.0 Å². The minimum absolute atomic E-state index is 0.171. The van der Waals surface area contributed by atoms with E-state index in [0.717, 1.165) is 38.5 Å². The summed E-state index contributed by atoms with van der Waals surface area (Å²) in [6.45, 7) is 5.09. The van der Waals surface area contributed by atoms with Crippen LogP contribution in [0.1, 0.15) is 51.5 Å². The van der Waals surface area contributed by atoms with Gasteiger partial charge in [0, 0.05) is 19.6 Å². The van der Waals surface area contributed by atoms with Gasteiger partial charge in [-0.25, -0.2) is 4.39 Å². The van der Waals surface area contributed by atoms with E-state index in [1.807, 2.05) is 26.0 Å². The van der Waals surface area contributed by atoms with Crippen molar-refractivity contribution in [2.75, 3.05) is 13.2 Å². The van der Waals surface area contributed by atoms with Crippen LogP contribution in [0.2, 0.25) is 0 Å². The van der Waals surface area contributed by atoms with Crippen molar-refractivity contribution in [2.45, 2.75) is 58.3 Å². The van der Waals surface area contributed by atoms with Crippen LogP contribution in [0, 0.1) is 5.82 Å². The molecule has 3 nitrogen and oxygen atoms in total. The van der Waals surface area contributed by atoms with E-state index in [2.05, 4.69) is 0 Å². The summed E-state index contributed by atoms with van der Waals surface area (Å²) in [4.78, 5) is 0. The maximum absolute atomic E-state index is 12.8. The van der Waals surface area contributed by atoms with Gasteiger partial charge in [0.05, 0.1) is 0 Å². The fourth-order valence-electron chi connectivity index (χ4n) is 2.52. The van der Waals surface area contributed by atoms with Gasteiger partial charge in [-0.2, -0.15) is 0 Å². The molecule has 0 heterocycles. The third-order valence-electron chi connectivity index (χ3n) is 3.65. The van der Waals surface area contributed by atoms with E-state index in [1.165, 1.54) is 17.7 Å². The molecule has 0 atom stereocenters. The molecule has 0 spiro atoms. The lowest BCUT2D eigenvalue weighted by Crippen LogP contribution is -2.38. The van der Waals surface area contributed by atoms with E-state index in [0.29, 0.717) is 23.7 Å². The fourth-order valence-corrected chi connectivity index (χ4v) is 2.96. The lowest BCUT2D eigenvalue weighted by Gasteiger charge is -2.31. The van der Waals surface area contributed by atoms with Crippen molar-refractivity contribution < 1.29 is 18.3 Å². The fraction of sp³-hybridized carbons (Fsp3) is 0.647. The Balaban J connectivity index is 2.21. The molecule has 0 aliphatic carbocycles. The van der Waals surface area contributed by atoms with Crippen LogP contribution in [0.5, 0.6) is 0 Å². The number of aryl methyl sites for hydroxylation is 1. The molecular weight excluding hydrogens is 299 g/mol. The zero-order chi connectivity index (χ0) is 16.3. The largest absolute Gasteiger partial charge is 0.380 e. The molecule has 1 aromatic carbocycles. The summed E-state index contributed by atoms with van der Waals surface area (Å²) in [6, 6.07) is 6.77. The van der Waals surface area contributed by atoms with E-state index >= 15 is 0 Å². The number of ether oxygens (including phenoxy) is 2. The standard InChI is InChI=1S/C17H29FO3Si/c1-3-19-17(21-22,20-4-2)14-8-6-5-7-9-15-10-12-16(18)13-11-15/h10-13H,3-9,14H2,1-2,22H3. The Morgan fingerprint density at radius 1 is 0.955 bits per heavy atom. The number of hydrogen-bond donors (Lipinski definition) is 0. The highest BCUT2D eigenvalue weighted by Gasteiger charge is 2.29. The summed E-state index contributed by atoms with van der Waals surface area (Å²) in [5.74, 6) is -0.998. The van der Waals surface area contributed by atoms with Gasteiger partial charge in [-0.15, -0.1) is 0 Å². The highest BCUT2D eigenvalue weighted by Crippen LogP contribution is 2.23. The second kappa shape index (κ2) is 10.9. The van der Waals surface area contributed by atoms with Crippen molar-refractivity contribution in [1.29, 1.82) is 0 Å². The summed E-state index contributed by atoms with van der Waals surface area (Å²) >= 11 is 0. The Labute approximate surface area is 136 Å². The van der Waals surface area contributed by atoms with Gasteiger partial charge in [0.25, 0.3) is 5.97 Å². The first-order valence-electron chi connectivity index (χ1n) is 8.23. The second-order valence-corrected chi connectivity index (χ2v) is 5.70. The normalized spacial score (nSPS) is 12.0. The Morgan fingerprint density at radius 3 is 2.09 bits per heavy atom. The van der Waals surface area contributed by atoms with Crippen molar-refractivity contribution in [2.24, 2.45) is 0 Å². The number of halogens is 1. The number of rotatable bonds is 12. The van der Waals surface area contributed by atoms with Crippen LogP contribution >= 0.6 is 0 Å². The predicted molar refractivity (Wildman–Crippen MR) is 90.2 cm³/mol. The van der Waals surface area contributed by atoms with E-state index in [1.54, 1.807) is 0 Å². The van der Waals surface area contributed by atoms with E-state index < -0.39 is 5.97 Å². The first-order valence-corrected chi connectivity index (χ1v) is 9.05. The molecule has 0 fully saturated rings. The van der Waals surface area contributed by atoms with E-state index in [9.17, 15) is 4.39 Å². The Kier molecular flexibility index (Phi) is 9.55. The SMILES string of the molecule is CCOC(CCCCCCc1ccc(F)cc1)(O[SiH3])OCC. The van der Waals surface area contributed by atoms with Crippen LogP contribution in [-0.4, -0.2) is 29.7 Å². The van der Waals surface area contributed by atoms with Crippen LogP contribution < -0.4 is 0 Å². The topological polar surface area (TPSA) is 27.7 Å². The van der Waals surface area contributed by atoms with Crippen LogP contribution in [-0.2, 0) is 20.3 Å². The van der Waals surface area contributed by atoms with Crippen LogP contribution in [0.4, 0.5) is 4.39 Å². The van der Waals surface area contributed by atoms with E-state index in [-0.39, 0.29) is 5.82 Å². The molecule has 1 aromatic rings. The molecule has 0 aliphatic rings. The minimum atomic E-state index is -0.827. The Hall–Kier alpha value is -0.753. The molecule has 22 heavy (non-hydrogen) atoms. The maximum Gasteiger partial charge on any atom is 0.272 e. The number of benzene rings is 1. The highest BCUT2D eigenvalue weighted by atomic mass is 28.2. The van der Waals surface area contributed by atoms with Crippen LogP contribution in [0.25, 0.3) is 0 Å². The molecule has 1 rings (SSSR count). The van der Waals surface area contributed by atoms with Gasteiger partial charge in [-0.05, 0) is 50.8 Å². The molecule has 0 unspecified atom stereocenters. The summed E-state index contributed by atoms with van der Waals surface area (Å²) in [5.41, 5.74) is 1.20. The minimum Gasteiger partial charge on any atom is -0.380 e. The molecular formula is C17H29FO3Si. The predicted octanol–water partition coefficient (Wildman–Crippen LogP) is 3.34. The molecule has 0 aromatic heterocycles. The smallest absolute Gasteiger partial charge is 0.272 e. The molecule has 0 aliphatic heterocycles. The molecule has 5 heteroatoms. The van der Waals surface area contributed by atoms with Crippen molar-refractivity contribution >= 4 is 10.5 Å². The average Bonchev–Trinajstić information content (AvgIpc) is 2.52. The van der Waals surface area contributed by atoms with Gasteiger partial charge < -0.3 is 13.9 Å². The van der Waals surface area contributed by atoms with Crippen molar-refractivity contribution in [1.82, 2.24) is 0 Å². The lowest BCUT2D eigenvalue weighted by molar-refractivity contribution is -0.344. The van der Waals surface area contributed by atoms with Gasteiger partial charge >= 0.3 is 0 Å². The number of hydrogen-bond acceptors (Lipinski definition) is 3. The summed E-state index contributed by atoms with van der Waals surface area (Å²) in [5, 5.41) is 0. The van der Waals surface area contributed by atoms with Crippen molar-refractivity contribution in [3.05, 3.63) is 35.6 Å². The third kappa shape index (κ3) is 7.00. The first kappa shape index (κ1) is 19.3. The zero-order valence-electron chi connectivity index (χ0n) is 14.1. The zero-order valence-corrected chi connectivity index (χ0v) is 16.1. The number of unbranched alkanes of at least 4 members (excludes halogenated alkanes) is 3. The van der Waals surface area contributed by atoms with Gasteiger partial charge in [-0.3, -0.25) is 0 Å². The molecule has 0 bridgehead atoms. The monoisotopic (exact) mass is 328 g/mol. The highest BCUT2D eigenvalue weighted by molar-refractivity contribution is 5.98. The Bertz CT molecular complexity index is 391. The summed E-state index contributed by atoms with van der Waals surface area (Å²) in [6.07, 6.45) is 6.17. The van der Waals surface area contributed by atoms with E-state index in [4.69, 9.17) is 13.9 Å². The molecule has 0 saturated carbocycles. The van der Waals surface area contributed by atoms with Crippen molar-refractivity contribution in [3.8, 4) is 0 Å². The maximum atomic E-state index is 12.8. The third-order valence-corrected chi connectivity index (χ3v) is 4.27. The van der Waals surface area contributed by atoms with Crippen LogP contribution in [0.15, 0.2) is 24.3 Å². The van der Waals surface area contributed by atoms with Crippen molar-refractivity contribution in [3.63, 3.8) is 0 Å². The lowest BCUT2D eigenvalue weighted by atomic mass is 10.1. The van der Waals surface area contributed by atoms with Gasteiger partial charge in [0.1, 0.15) is 5.82 Å². The molecule has 0 radical (unpaired) electrons. The van der Waals surface area contributed by atoms with Gasteiger partial charge in [0.15, 0.2) is 10.5 Å². The quantitative estimate of drug-likeness (QED) is 0.335. The molecule has 0 amide bonds. The molecule has 0 saturated heterocycles. The average molecular weight is 329 g/mol. The molecule has 126 valence electrons. The second-order valence-electron chi connectivity index (χ2n) is 5.29. The first-order chi connectivity index (χ1) is 10.7.